The lowest BCUT2D eigenvalue weighted by molar-refractivity contribution is -0.128. The van der Waals surface area contributed by atoms with E-state index in [1.54, 1.807) is 0 Å². The predicted octanol–water partition coefficient (Wildman–Crippen LogP) is 4.51. The molecule has 3 nitrogen and oxygen atoms in total. The molecule has 25 heavy (non-hydrogen) atoms. The van der Waals surface area contributed by atoms with Gasteiger partial charge in [0.25, 0.3) is 5.91 Å². The van der Waals surface area contributed by atoms with Crippen molar-refractivity contribution < 1.29 is 9.53 Å². The first-order valence-electron chi connectivity index (χ1n) is 8.73. The lowest BCUT2D eigenvalue weighted by atomic mass is 10.2. The van der Waals surface area contributed by atoms with Gasteiger partial charge in [0, 0.05) is 18.1 Å². The summed E-state index contributed by atoms with van der Waals surface area (Å²) in [4.78, 5) is 12.3. The molecule has 0 bridgehead atoms. The highest BCUT2D eigenvalue weighted by Gasteiger charge is 2.18. The van der Waals surface area contributed by atoms with Crippen LogP contribution in [0.3, 0.4) is 0 Å². The summed E-state index contributed by atoms with van der Waals surface area (Å²) >= 11 is 1.83. The molecule has 0 aromatic heterocycles. The van der Waals surface area contributed by atoms with Gasteiger partial charge in [-0.1, -0.05) is 55.0 Å². The SMILES string of the molecule is CCC(Oc1ccccc1C)C(=O)NCCSCc1cccc(C)c1. The summed E-state index contributed by atoms with van der Waals surface area (Å²) < 4.78 is 5.88. The highest BCUT2D eigenvalue weighted by molar-refractivity contribution is 7.98. The van der Waals surface area contributed by atoms with Crippen molar-refractivity contribution in [3.8, 4) is 5.75 Å². The average Bonchev–Trinajstić information content (AvgIpc) is 2.60. The third kappa shape index (κ3) is 6.46. The van der Waals surface area contributed by atoms with Gasteiger partial charge >= 0.3 is 0 Å². The fraction of sp³-hybridized carbons (Fsp3) is 0.381. The van der Waals surface area contributed by atoms with Crippen LogP contribution in [0.15, 0.2) is 48.5 Å². The molecule has 2 aromatic carbocycles. The Morgan fingerprint density at radius 3 is 2.68 bits per heavy atom. The summed E-state index contributed by atoms with van der Waals surface area (Å²) in [5.41, 5.74) is 3.65. The van der Waals surface area contributed by atoms with Crippen molar-refractivity contribution in [3.63, 3.8) is 0 Å². The second-order valence-electron chi connectivity index (χ2n) is 6.11. The van der Waals surface area contributed by atoms with Crippen molar-refractivity contribution in [3.05, 3.63) is 65.2 Å². The maximum atomic E-state index is 12.3. The quantitative estimate of drug-likeness (QED) is 0.671. The number of nitrogens with one attached hydrogen (secondary N) is 1. The van der Waals surface area contributed by atoms with Crippen LogP contribution in [0.5, 0.6) is 5.75 Å². The van der Waals surface area contributed by atoms with E-state index in [1.165, 1.54) is 11.1 Å². The molecule has 0 aliphatic rings. The smallest absolute Gasteiger partial charge is 0.261 e. The van der Waals surface area contributed by atoms with Crippen molar-refractivity contribution in [1.29, 1.82) is 0 Å². The minimum atomic E-state index is -0.442. The van der Waals surface area contributed by atoms with E-state index in [1.807, 2.05) is 49.9 Å². The monoisotopic (exact) mass is 357 g/mol. The van der Waals surface area contributed by atoms with Gasteiger partial charge in [-0.15, -0.1) is 0 Å². The maximum Gasteiger partial charge on any atom is 0.261 e. The Balaban J connectivity index is 1.72. The zero-order valence-electron chi connectivity index (χ0n) is 15.2. The van der Waals surface area contributed by atoms with Crippen molar-refractivity contribution >= 4 is 17.7 Å². The summed E-state index contributed by atoms with van der Waals surface area (Å²) in [7, 11) is 0. The summed E-state index contributed by atoms with van der Waals surface area (Å²) in [6, 6.07) is 16.3. The number of carbonyl (C=O) groups excluding carboxylic acids is 1. The number of ether oxygens (including phenoxy) is 1. The summed E-state index contributed by atoms with van der Waals surface area (Å²) in [6.07, 6.45) is 0.208. The molecular weight excluding hydrogens is 330 g/mol. The highest BCUT2D eigenvalue weighted by atomic mass is 32.2. The van der Waals surface area contributed by atoms with E-state index in [9.17, 15) is 4.79 Å². The third-order valence-corrected chi connectivity index (χ3v) is 4.95. The first-order chi connectivity index (χ1) is 12.1. The second kappa shape index (κ2) is 10.1. The summed E-state index contributed by atoms with van der Waals surface area (Å²) in [6.45, 7) is 6.72. The van der Waals surface area contributed by atoms with Crippen molar-refractivity contribution in [2.75, 3.05) is 12.3 Å². The van der Waals surface area contributed by atoms with Gasteiger partial charge in [0.05, 0.1) is 0 Å². The maximum absolute atomic E-state index is 12.3. The Morgan fingerprint density at radius 1 is 1.16 bits per heavy atom. The van der Waals surface area contributed by atoms with Gasteiger partial charge in [-0.2, -0.15) is 11.8 Å². The van der Waals surface area contributed by atoms with Gasteiger partial charge in [0.2, 0.25) is 0 Å². The molecule has 1 atom stereocenters. The van der Waals surface area contributed by atoms with Gasteiger partial charge in [-0.3, -0.25) is 4.79 Å². The van der Waals surface area contributed by atoms with E-state index in [2.05, 4.69) is 36.5 Å². The van der Waals surface area contributed by atoms with E-state index in [0.717, 1.165) is 22.8 Å². The van der Waals surface area contributed by atoms with Gasteiger partial charge in [-0.05, 0) is 37.5 Å². The molecule has 0 heterocycles. The topological polar surface area (TPSA) is 38.3 Å². The second-order valence-corrected chi connectivity index (χ2v) is 7.22. The Hall–Kier alpha value is -1.94. The zero-order valence-corrected chi connectivity index (χ0v) is 16.1. The largest absolute Gasteiger partial charge is 0.480 e. The number of thioether (sulfide) groups is 1. The lowest BCUT2D eigenvalue weighted by Gasteiger charge is -2.18. The molecule has 0 aliphatic carbocycles. The number of benzene rings is 2. The Kier molecular flexibility index (Phi) is 7.86. The molecule has 2 aromatic rings. The van der Waals surface area contributed by atoms with Crippen LogP contribution in [0, 0.1) is 13.8 Å². The molecule has 134 valence electrons. The number of hydrogen-bond donors (Lipinski definition) is 1. The fourth-order valence-electron chi connectivity index (χ4n) is 2.52. The molecule has 0 spiro atoms. The molecular formula is C21H27NO2S. The van der Waals surface area contributed by atoms with Crippen LogP contribution in [0.4, 0.5) is 0 Å². The predicted molar refractivity (Wildman–Crippen MR) is 106 cm³/mol. The summed E-state index contributed by atoms with van der Waals surface area (Å²) in [5, 5.41) is 2.99. The van der Waals surface area contributed by atoms with Crippen LogP contribution >= 0.6 is 11.8 Å². The molecule has 0 saturated heterocycles. The first-order valence-corrected chi connectivity index (χ1v) is 9.89. The van der Waals surface area contributed by atoms with Gasteiger partial charge < -0.3 is 10.1 Å². The molecule has 1 unspecified atom stereocenters. The number of aryl methyl sites for hydroxylation is 2. The fourth-order valence-corrected chi connectivity index (χ4v) is 3.32. The normalized spacial score (nSPS) is 11.8. The molecule has 2 rings (SSSR count). The number of amides is 1. The molecule has 4 heteroatoms. The van der Waals surface area contributed by atoms with Crippen molar-refractivity contribution in [1.82, 2.24) is 5.32 Å². The Morgan fingerprint density at radius 2 is 1.96 bits per heavy atom. The number of carbonyl (C=O) groups is 1. The van der Waals surface area contributed by atoms with E-state index in [0.29, 0.717) is 13.0 Å². The first kappa shape index (κ1) is 19.4. The molecule has 0 saturated carbocycles. The minimum Gasteiger partial charge on any atom is -0.480 e. The van der Waals surface area contributed by atoms with E-state index in [-0.39, 0.29) is 5.91 Å². The third-order valence-electron chi connectivity index (χ3n) is 3.92. The van der Waals surface area contributed by atoms with Crippen LogP contribution in [0.1, 0.15) is 30.0 Å². The van der Waals surface area contributed by atoms with Crippen LogP contribution in [0.25, 0.3) is 0 Å². The van der Waals surface area contributed by atoms with Gasteiger partial charge in [0.1, 0.15) is 5.75 Å². The van der Waals surface area contributed by atoms with Crippen LogP contribution in [-0.2, 0) is 10.5 Å². The standard InChI is InChI=1S/C21H27NO2S/c1-4-19(24-20-11-6-5-9-17(20)3)21(23)22-12-13-25-15-18-10-7-8-16(2)14-18/h5-11,14,19H,4,12-13,15H2,1-3H3,(H,22,23). The van der Waals surface area contributed by atoms with Crippen LogP contribution in [0.2, 0.25) is 0 Å². The molecule has 1 amide bonds. The Labute approximate surface area is 155 Å². The lowest BCUT2D eigenvalue weighted by Crippen LogP contribution is -2.39. The van der Waals surface area contributed by atoms with Crippen molar-refractivity contribution in [2.24, 2.45) is 0 Å². The summed E-state index contributed by atoms with van der Waals surface area (Å²) in [5.74, 6) is 2.59. The van der Waals surface area contributed by atoms with E-state index in [4.69, 9.17) is 4.74 Å². The van der Waals surface area contributed by atoms with Gasteiger partial charge in [0.15, 0.2) is 6.10 Å². The Bertz CT molecular complexity index is 687. The average molecular weight is 358 g/mol. The molecule has 0 aliphatic heterocycles. The van der Waals surface area contributed by atoms with Crippen LogP contribution in [-0.4, -0.2) is 24.3 Å². The highest BCUT2D eigenvalue weighted by Crippen LogP contribution is 2.19. The van der Waals surface area contributed by atoms with Crippen LogP contribution < -0.4 is 10.1 Å². The van der Waals surface area contributed by atoms with Gasteiger partial charge in [-0.25, -0.2) is 0 Å². The minimum absolute atomic E-state index is 0.0399. The van der Waals surface area contributed by atoms with Crippen molar-refractivity contribution in [2.45, 2.75) is 39.0 Å². The number of hydrogen-bond acceptors (Lipinski definition) is 3. The molecule has 0 fully saturated rings. The molecule has 1 N–H and O–H groups in total. The number of para-hydroxylation sites is 1. The number of rotatable bonds is 9. The zero-order chi connectivity index (χ0) is 18.1. The van der Waals surface area contributed by atoms with E-state index >= 15 is 0 Å². The molecule has 0 radical (unpaired) electrons. The van der Waals surface area contributed by atoms with E-state index < -0.39 is 6.10 Å².